The number of ether oxygens (including phenoxy) is 1. The highest BCUT2D eigenvalue weighted by molar-refractivity contribution is 5.75. The van der Waals surface area contributed by atoms with Crippen LogP contribution in [-0.4, -0.2) is 47.9 Å². The normalized spacial score (nSPS) is 20.7. The quantitative estimate of drug-likeness (QED) is 0.841. The van der Waals surface area contributed by atoms with Crippen molar-refractivity contribution in [1.82, 2.24) is 10.2 Å². The van der Waals surface area contributed by atoms with Crippen LogP contribution in [0.2, 0.25) is 0 Å². The van der Waals surface area contributed by atoms with Gasteiger partial charge in [-0.15, -0.1) is 0 Å². The Hall–Kier alpha value is -1.59. The minimum Gasteiger partial charge on any atom is -0.388 e. The molecule has 1 aromatic carbocycles. The van der Waals surface area contributed by atoms with Gasteiger partial charge in [0.25, 0.3) is 0 Å². The molecule has 134 valence electrons. The number of carbonyl (C=O) groups is 1. The highest BCUT2D eigenvalue weighted by Gasteiger charge is 2.30. The second kappa shape index (κ2) is 9.04. The van der Waals surface area contributed by atoms with Gasteiger partial charge in [0, 0.05) is 19.0 Å². The van der Waals surface area contributed by atoms with E-state index >= 15 is 0 Å². The molecule has 0 bridgehead atoms. The molecule has 3 unspecified atom stereocenters. The van der Waals surface area contributed by atoms with Gasteiger partial charge in [-0.05, 0) is 24.8 Å². The molecule has 5 heteroatoms. The molecule has 2 rings (SSSR count). The molecule has 1 heterocycles. The number of amides is 2. The maximum atomic E-state index is 12.6. The predicted octanol–water partition coefficient (Wildman–Crippen LogP) is 2.96. The van der Waals surface area contributed by atoms with Gasteiger partial charge in [0.15, 0.2) is 0 Å². The van der Waals surface area contributed by atoms with Crippen molar-refractivity contribution in [1.29, 1.82) is 0 Å². The Kier molecular flexibility index (Phi) is 7.06. The van der Waals surface area contributed by atoms with E-state index in [2.05, 4.69) is 19.2 Å². The van der Waals surface area contributed by atoms with E-state index in [-0.39, 0.29) is 18.1 Å². The molecule has 0 radical (unpaired) electrons. The van der Waals surface area contributed by atoms with Crippen LogP contribution in [0.5, 0.6) is 0 Å². The number of hydrogen-bond donors (Lipinski definition) is 2. The summed E-state index contributed by atoms with van der Waals surface area (Å²) in [5.41, 5.74) is 0.872. The summed E-state index contributed by atoms with van der Waals surface area (Å²) in [4.78, 5) is 14.4. The largest absolute Gasteiger partial charge is 0.388 e. The predicted molar refractivity (Wildman–Crippen MR) is 94.8 cm³/mol. The molecule has 0 saturated carbocycles. The van der Waals surface area contributed by atoms with Gasteiger partial charge in [-0.1, -0.05) is 44.2 Å². The third-order valence-electron chi connectivity index (χ3n) is 4.36. The Labute approximate surface area is 145 Å². The minimum atomic E-state index is -0.596. The molecule has 0 aromatic heterocycles. The van der Waals surface area contributed by atoms with E-state index in [1.807, 2.05) is 42.2 Å². The summed E-state index contributed by atoms with van der Waals surface area (Å²) >= 11 is 0. The lowest BCUT2D eigenvalue weighted by Crippen LogP contribution is -2.54. The molecule has 1 fully saturated rings. The van der Waals surface area contributed by atoms with Gasteiger partial charge in [0.1, 0.15) is 0 Å². The van der Waals surface area contributed by atoms with Gasteiger partial charge in [-0.3, -0.25) is 0 Å². The van der Waals surface area contributed by atoms with E-state index in [9.17, 15) is 9.90 Å². The number of benzene rings is 1. The zero-order valence-electron chi connectivity index (χ0n) is 14.9. The van der Waals surface area contributed by atoms with Crippen molar-refractivity contribution < 1.29 is 14.6 Å². The first-order valence-electron chi connectivity index (χ1n) is 8.85. The van der Waals surface area contributed by atoms with Crippen molar-refractivity contribution in [3.63, 3.8) is 0 Å². The molecule has 2 N–H and O–H groups in total. The van der Waals surface area contributed by atoms with E-state index < -0.39 is 6.10 Å². The van der Waals surface area contributed by atoms with Gasteiger partial charge >= 0.3 is 6.03 Å². The summed E-state index contributed by atoms with van der Waals surface area (Å²) < 4.78 is 5.54. The second-order valence-electron chi connectivity index (χ2n) is 7.06. The Bertz CT molecular complexity index is 507. The molecule has 1 aliphatic heterocycles. The van der Waals surface area contributed by atoms with E-state index in [1.54, 1.807) is 0 Å². The zero-order valence-corrected chi connectivity index (χ0v) is 14.9. The maximum absolute atomic E-state index is 12.6. The lowest BCUT2D eigenvalue weighted by atomic mass is 10.0. The molecule has 0 spiro atoms. The van der Waals surface area contributed by atoms with E-state index in [4.69, 9.17) is 4.74 Å². The third kappa shape index (κ3) is 5.49. The number of hydrogen-bond acceptors (Lipinski definition) is 3. The Balaban J connectivity index is 1.95. The van der Waals surface area contributed by atoms with Gasteiger partial charge in [-0.25, -0.2) is 4.79 Å². The summed E-state index contributed by atoms with van der Waals surface area (Å²) in [5.74, 6) is 0.542. The molecule has 24 heavy (non-hydrogen) atoms. The van der Waals surface area contributed by atoms with Crippen molar-refractivity contribution in [3.8, 4) is 0 Å². The van der Waals surface area contributed by atoms with E-state index in [0.29, 0.717) is 32.1 Å². The van der Waals surface area contributed by atoms with E-state index in [0.717, 1.165) is 12.0 Å². The average molecular weight is 334 g/mol. The number of rotatable bonds is 6. The number of aliphatic hydroxyl groups excluding tert-OH is 1. The molecule has 3 atom stereocenters. The lowest BCUT2D eigenvalue weighted by Gasteiger charge is -2.37. The van der Waals surface area contributed by atoms with E-state index in [1.165, 1.54) is 0 Å². The smallest absolute Gasteiger partial charge is 0.318 e. The van der Waals surface area contributed by atoms with Crippen LogP contribution in [-0.2, 0) is 4.74 Å². The van der Waals surface area contributed by atoms with Crippen LogP contribution in [0.15, 0.2) is 30.3 Å². The zero-order chi connectivity index (χ0) is 17.5. The maximum Gasteiger partial charge on any atom is 0.318 e. The highest BCUT2D eigenvalue weighted by atomic mass is 16.5. The van der Waals surface area contributed by atoms with Crippen molar-refractivity contribution in [2.75, 3.05) is 19.8 Å². The molecule has 5 nitrogen and oxygen atoms in total. The molecule has 2 amide bonds. The minimum absolute atomic E-state index is 0.0586. The molecule has 1 aromatic rings. The molecule has 1 saturated heterocycles. The number of nitrogens with one attached hydrogen (secondary N) is 1. The summed E-state index contributed by atoms with van der Waals surface area (Å²) in [6.45, 7) is 7.91. The molecular weight excluding hydrogens is 304 g/mol. The Morgan fingerprint density at radius 3 is 2.71 bits per heavy atom. The number of urea groups is 1. The highest BCUT2D eigenvalue weighted by Crippen LogP contribution is 2.22. The number of aliphatic hydroxyl groups is 1. The fourth-order valence-electron chi connectivity index (χ4n) is 3.25. The van der Waals surface area contributed by atoms with Crippen LogP contribution in [0.1, 0.15) is 45.3 Å². The average Bonchev–Trinajstić information content (AvgIpc) is 2.55. The van der Waals surface area contributed by atoms with Crippen LogP contribution in [0.4, 0.5) is 4.79 Å². The van der Waals surface area contributed by atoms with Gasteiger partial charge in [-0.2, -0.15) is 0 Å². The molecule has 0 aliphatic carbocycles. The van der Waals surface area contributed by atoms with Crippen LogP contribution < -0.4 is 5.32 Å². The second-order valence-corrected chi connectivity index (χ2v) is 7.06. The molecule has 1 aliphatic rings. The van der Waals surface area contributed by atoms with Crippen LogP contribution in [0.3, 0.4) is 0 Å². The first kappa shape index (κ1) is 18.7. The fraction of sp³-hybridized carbons (Fsp3) is 0.632. The summed E-state index contributed by atoms with van der Waals surface area (Å²) in [6.07, 6.45) is 0.838. The van der Waals surface area contributed by atoms with Crippen molar-refractivity contribution in [2.24, 2.45) is 5.92 Å². The topological polar surface area (TPSA) is 61.8 Å². The van der Waals surface area contributed by atoms with Crippen LogP contribution >= 0.6 is 0 Å². The monoisotopic (exact) mass is 334 g/mol. The van der Waals surface area contributed by atoms with Crippen molar-refractivity contribution >= 4 is 6.03 Å². The van der Waals surface area contributed by atoms with Crippen LogP contribution in [0, 0.1) is 5.92 Å². The SMILES string of the molecule is CC(C)CC(C)NC(=O)N1CCOCC1CC(O)c1ccccc1. The fourth-order valence-corrected chi connectivity index (χ4v) is 3.25. The summed E-state index contributed by atoms with van der Waals surface area (Å²) in [7, 11) is 0. The van der Waals surface area contributed by atoms with Gasteiger partial charge in [0.2, 0.25) is 0 Å². The molecular formula is C19H30N2O3. The van der Waals surface area contributed by atoms with Gasteiger partial charge in [0.05, 0.1) is 25.4 Å². The Morgan fingerprint density at radius 1 is 1.33 bits per heavy atom. The summed E-state index contributed by atoms with van der Waals surface area (Å²) in [6, 6.07) is 9.53. The van der Waals surface area contributed by atoms with Crippen LogP contribution in [0.25, 0.3) is 0 Å². The third-order valence-corrected chi connectivity index (χ3v) is 4.36. The Morgan fingerprint density at radius 2 is 2.04 bits per heavy atom. The standard InChI is InChI=1S/C19H30N2O3/c1-14(2)11-15(3)20-19(23)21-9-10-24-13-17(21)12-18(22)16-7-5-4-6-8-16/h4-8,14-15,17-18,22H,9-13H2,1-3H3,(H,20,23). The van der Waals surface area contributed by atoms with Crippen molar-refractivity contribution in [3.05, 3.63) is 35.9 Å². The number of carbonyl (C=O) groups excluding carboxylic acids is 1. The van der Waals surface area contributed by atoms with Gasteiger partial charge < -0.3 is 20.1 Å². The first-order valence-corrected chi connectivity index (χ1v) is 8.85. The number of nitrogens with zero attached hydrogens (tertiary/aromatic N) is 1. The van der Waals surface area contributed by atoms with Crippen molar-refractivity contribution in [2.45, 2.75) is 51.8 Å². The lowest BCUT2D eigenvalue weighted by molar-refractivity contribution is -0.00741. The number of morpholine rings is 1. The first-order chi connectivity index (χ1) is 11.5. The summed E-state index contributed by atoms with van der Waals surface area (Å²) in [5, 5.41) is 13.5.